The summed E-state index contributed by atoms with van der Waals surface area (Å²) in [4.78, 5) is 27.6. The van der Waals surface area contributed by atoms with Crippen LogP contribution in [0.15, 0.2) is 11.4 Å². The molecule has 1 amide bonds. The molecular formula is C17H26N2O4S. The van der Waals surface area contributed by atoms with Crippen LogP contribution in [0.25, 0.3) is 0 Å². The summed E-state index contributed by atoms with van der Waals surface area (Å²) in [5.41, 5.74) is 0.376. The molecule has 0 aliphatic carbocycles. The number of carboxylic acids is 1. The highest BCUT2D eigenvalue weighted by molar-refractivity contribution is 7.12. The summed E-state index contributed by atoms with van der Waals surface area (Å²) in [5, 5.41) is 11.0. The van der Waals surface area contributed by atoms with E-state index in [4.69, 9.17) is 4.74 Å². The number of hydrogen-bond acceptors (Lipinski definition) is 5. The maximum absolute atomic E-state index is 12.1. The lowest BCUT2D eigenvalue weighted by Gasteiger charge is -2.37. The normalized spacial score (nSPS) is 16.5. The zero-order chi connectivity index (χ0) is 17.9. The van der Waals surface area contributed by atoms with E-state index in [2.05, 4.69) is 4.90 Å². The Morgan fingerprint density at radius 3 is 2.54 bits per heavy atom. The number of rotatable bonds is 4. The molecule has 1 fully saturated rings. The van der Waals surface area contributed by atoms with Gasteiger partial charge in [0.15, 0.2) is 0 Å². The zero-order valence-electron chi connectivity index (χ0n) is 14.7. The maximum Gasteiger partial charge on any atom is 0.410 e. The number of carboxylic acid groups (broad SMARTS) is 1. The number of aromatic carboxylic acids is 1. The van der Waals surface area contributed by atoms with Gasteiger partial charge in [-0.1, -0.05) is 0 Å². The van der Waals surface area contributed by atoms with E-state index in [1.165, 1.54) is 11.3 Å². The first-order valence-corrected chi connectivity index (χ1v) is 9.03. The van der Waals surface area contributed by atoms with Gasteiger partial charge in [-0.3, -0.25) is 4.90 Å². The summed E-state index contributed by atoms with van der Waals surface area (Å²) in [6.45, 7) is 7.55. The predicted molar refractivity (Wildman–Crippen MR) is 93.6 cm³/mol. The fourth-order valence-electron chi connectivity index (χ4n) is 2.86. The summed E-state index contributed by atoms with van der Waals surface area (Å²) in [7, 11) is 2.01. The van der Waals surface area contributed by atoms with E-state index >= 15 is 0 Å². The van der Waals surface area contributed by atoms with Crippen molar-refractivity contribution in [3.8, 4) is 0 Å². The summed E-state index contributed by atoms with van der Waals surface area (Å²) in [6.07, 6.45) is 1.47. The number of ether oxygens (including phenoxy) is 1. The molecule has 1 saturated heterocycles. The Balaban J connectivity index is 1.86. The fourth-order valence-corrected chi connectivity index (χ4v) is 3.61. The Bertz CT molecular complexity index is 586. The van der Waals surface area contributed by atoms with E-state index in [9.17, 15) is 14.7 Å². The fraction of sp³-hybridized carbons (Fsp3) is 0.647. The van der Waals surface area contributed by atoms with Crippen LogP contribution in [0.1, 0.15) is 48.8 Å². The van der Waals surface area contributed by atoms with Crippen LogP contribution in [0.3, 0.4) is 0 Å². The van der Waals surface area contributed by atoms with Crippen molar-refractivity contribution in [2.24, 2.45) is 0 Å². The Morgan fingerprint density at radius 1 is 1.38 bits per heavy atom. The summed E-state index contributed by atoms with van der Waals surface area (Å²) >= 11 is 1.26. The molecule has 1 N–H and O–H groups in total. The minimum absolute atomic E-state index is 0.255. The number of thiophene rings is 1. The lowest BCUT2D eigenvalue weighted by Crippen LogP contribution is -2.46. The maximum atomic E-state index is 12.1. The first-order valence-electron chi connectivity index (χ1n) is 8.15. The van der Waals surface area contributed by atoms with Gasteiger partial charge in [0.05, 0.1) is 0 Å². The molecule has 7 heteroatoms. The number of piperidine rings is 1. The highest BCUT2D eigenvalue weighted by Crippen LogP contribution is 2.23. The monoisotopic (exact) mass is 354 g/mol. The molecule has 24 heavy (non-hydrogen) atoms. The molecule has 0 aromatic carbocycles. The number of carbonyl (C=O) groups is 2. The Morgan fingerprint density at radius 2 is 2.00 bits per heavy atom. The van der Waals surface area contributed by atoms with Gasteiger partial charge in [-0.25, -0.2) is 9.59 Å². The van der Waals surface area contributed by atoms with Crippen molar-refractivity contribution in [2.45, 2.75) is 51.8 Å². The number of hydrogen-bond donors (Lipinski definition) is 1. The zero-order valence-corrected chi connectivity index (χ0v) is 15.6. The van der Waals surface area contributed by atoms with Gasteiger partial charge < -0.3 is 14.7 Å². The van der Waals surface area contributed by atoms with Gasteiger partial charge in [0.1, 0.15) is 10.5 Å². The molecule has 6 nitrogen and oxygen atoms in total. The molecule has 0 spiro atoms. The van der Waals surface area contributed by atoms with Crippen molar-refractivity contribution in [1.82, 2.24) is 9.80 Å². The molecule has 1 aromatic rings. The van der Waals surface area contributed by atoms with Crippen LogP contribution in [-0.4, -0.2) is 58.7 Å². The average Bonchev–Trinajstić information content (AvgIpc) is 2.94. The number of carbonyl (C=O) groups excluding carboxylic acids is 1. The SMILES string of the molecule is CN(Cc1ccsc1C(=O)O)C1CCN(C(=O)OC(C)(C)C)CC1. The molecule has 0 unspecified atom stereocenters. The lowest BCUT2D eigenvalue weighted by atomic mass is 10.0. The topological polar surface area (TPSA) is 70.1 Å². The van der Waals surface area contributed by atoms with E-state index in [-0.39, 0.29) is 6.09 Å². The van der Waals surface area contributed by atoms with Crippen molar-refractivity contribution < 1.29 is 19.4 Å². The van der Waals surface area contributed by atoms with Crippen LogP contribution < -0.4 is 0 Å². The molecule has 2 heterocycles. The first-order chi connectivity index (χ1) is 11.2. The summed E-state index contributed by atoms with van der Waals surface area (Å²) in [5.74, 6) is -0.867. The molecule has 134 valence electrons. The van der Waals surface area contributed by atoms with E-state index in [1.807, 2.05) is 39.3 Å². The van der Waals surface area contributed by atoms with Gasteiger partial charge in [-0.2, -0.15) is 0 Å². The second kappa shape index (κ2) is 7.53. The van der Waals surface area contributed by atoms with E-state index in [0.29, 0.717) is 30.6 Å². The number of amides is 1. The van der Waals surface area contributed by atoms with Crippen molar-refractivity contribution in [3.63, 3.8) is 0 Å². The van der Waals surface area contributed by atoms with E-state index in [0.717, 1.165) is 18.4 Å². The molecule has 0 radical (unpaired) electrons. The van der Waals surface area contributed by atoms with Crippen LogP contribution in [0.5, 0.6) is 0 Å². The Labute approximate surface area is 147 Å². The van der Waals surface area contributed by atoms with Crippen LogP contribution in [0.4, 0.5) is 4.79 Å². The molecule has 1 aliphatic heterocycles. The molecule has 0 atom stereocenters. The second-order valence-electron chi connectivity index (χ2n) is 7.19. The van der Waals surface area contributed by atoms with Crippen LogP contribution in [-0.2, 0) is 11.3 Å². The van der Waals surface area contributed by atoms with Crippen LogP contribution in [0, 0.1) is 0 Å². The predicted octanol–water partition coefficient (Wildman–Crippen LogP) is 3.28. The van der Waals surface area contributed by atoms with Gasteiger partial charge in [-0.15, -0.1) is 11.3 Å². The number of nitrogens with zero attached hydrogens (tertiary/aromatic N) is 2. The van der Waals surface area contributed by atoms with E-state index in [1.54, 1.807) is 4.90 Å². The molecule has 2 rings (SSSR count). The molecule has 1 aliphatic rings. The highest BCUT2D eigenvalue weighted by Gasteiger charge is 2.28. The van der Waals surface area contributed by atoms with Gasteiger partial charge in [-0.05, 0) is 57.7 Å². The molecule has 1 aromatic heterocycles. The second-order valence-corrected chi connectivity index (χ2v) is 8.11. The van der Waals surface area contributed by atoms with Gasteiger partial charge in [0.25, 0.3) is 0 Å². The summed E-state index contributed by atoms with van der Waals surface area (Å²) < 4.78 is 5.41. The average molecular weight is 354 g/mol. The molecule has 0 saturated carbocycles. The van der Waals surface area contributed by atoms with Gasteiger partial charge in [0.2, 0.25) is 0 Å². The standard InChI is InChI=1S/C17H26N2O4S/c1-17(2,3)23-16(22)19-8-5-13(6-9-19)18(4)11-12-7-10-24-14(12)15(20)21/h7,10,13H,5-6,8-9,11H2,1-4H3,(H,20,21). The van der Waals surface area contributed by atoms with E-state index < -0.39 is 11.6 Å². The van der Waals surface area contributed by atoms with Crippen LogP contribution >= 0.6 is 11.3 Å². The highest BCUT2D eigenvalue weighted by atomic mass is 32.1. The third-order valence-corrected chi connectivity index (χ3v) is 5.04. The Hall–Kier alpha value is -1.60. The molecule has 0 bridgehead atoms. The van der Waals surface area contributed by atoms with Crippen molar-refractivity contribution in [1.29, 1.82) is 0 Å². The van der Waals surface area contributed by atoms with Crippen molar-refractivity contribution in [2.75, 3.05) is 20.1 Å². The minimum atomic E-state index is -0.867. The quantitative estimate of drug-likeness (QED) is 0.898. The smallest absolute Gasteiger partial charge is 0.410 e. The third kappa shape index (κ3) is 4.95. The number of likely N-dealkylation sites (tertiary alicyclic amines) is 1. The molecular weight excluding hydrogens is 328 g/mol. The largest absolute Gasteiger partial charge is 0.477 e. The Kier molecular flexibility index (Phi) is 5.87. The van der Waals surface area contributed by atoms with Crippen LogP contribution in [0.2, 0.25) is 0 Å². The minimum Gasteiger partial charge on any atom is -0.477 e. The van der Waals surface area contributed by atoms with Crippen molar-refractivity contribution >= 4 is 23.4 Å². The third-order valence-electron chi connectivity index (χ3n) is 4.10. The van der Waals surface area contributed by atoms with Gasteiger partial charge >= 0.3 is 12.1 Å². The lowest BCUT2D eigenvalue weighted by molar-refractivity contribution is 0.0152. The first kappa shape index (κ1) is 18.7. The summed E-state index contributed by atoms with van der Waals surface area (Å²) in [6, 6.07) is 2.21. The van der Waals surface area contributed by atoms with Gasteiger partial charge in [0, 0.05) is 25.7 Å². The van der Waals surface area contributed by atoms with Crippen molar-refractivity contribution in [3.05, 3.63) is 21.9 Å².